The largest absolute Gasteiger partial charge is 0.424 e. The van der Waals surface area contributed by atoms with Gasteiger partial charge < -0.3 is 4.42 Å². The van der Waals surface area contributed by atoms with Gasteiger partial charge in [-0.15, -0.1) is 10.2 Å². The van der Waals surface area contributed by atoms with Crippen LogP contribution in [0.5, 0.6) is 0 Å². The second kappa shape index (κ2) is 7.51. The summed E-state index contributed by atoms with van der Waals surface area (Å²) < 4.78 is 30.5. The number of hydrogen-bond acceptors (Lipinski definition) is 7. The maximum absolute atomic E-state index is 12.6. The summed E-state index contributed by atoms with van der Waals surface area (Å²) in [5, 5.41) is 7.36. The highest BCUT2D eigenvalue weighted by molar-refractivity contribution is 7.90. The van der Waals surface area contributed by atoms with Crippen LogP contribution in [0.4, 0.5) is 0 Å². The van der Waals surface area contributed by atoms with Crippen molar-refractivity contribution in [2.24, 2.45) is 0 Å². The first-order chi connectivity index (χ1) is 12.4. The Morgan fingerprint density at radius 3 is 2.35 bits per heavy atom. The van der Waals surface area contributed by atoms with Crippen LogP contribution in [-0.2, 0) is 22.0 Å². The summed E-state index contributed by atoms with van der Waals surface area (Å²) in [6.07, 6.45) is 3.57. The molecule has 0 saturated heterocycles. The zero-order chi connectivity index (χ0) is 18.7. The molecule has 0 N–H and O–H groups in total. The number of nitrogens with zero attached hydrogens (tertiary/aromatic N) is 4. The SMILES string of the molecule is CCc1nnc([C@@H](C)S(=O)(=O)Cc2cnc(-c3ccc(Cl)cc3)nc2)o1. The first-order valence-electron chi connectivity index (χ1n) is 7.99. The third-order valence-electron chi connectivity index (χ3n) is 3.85. The standard InChI is InChI=1S/C17H17ClN4O3S/c1-3-15-21-22-17(25-15)11(2)26(23,24)10-12-8-19-16(20-9-12)13-4-6-14(18)7-5-13/h4-9,11H,3,10H2,1-2H3/t11-/m1/s1. The average molecular weight is 393 g/mol. The predicted octanol–water partition coefficient (Wildman–Crippen LogP) is 3.42. The molecule has 1 atom stereocenters. The van der Waals surface area contributed by atoms with E-state index in [1.54, 1.807) is 24.3 Å². The summed E-state index contributed by atoms with van der Waals surface area (Å²) in [7, 11) is -3.54. The number of halogens is 1. The van der Waals surface area contributed by atoms with Crippen LogP contribution in [0.25, 0.3) is 11.4 Å². The highest BCUT2D eigenvalue weighted by Gasteiger charge is 2.28. The van der Waals surface area contributed by atoms with E-state index in [4.69, 9.17) is 16.0 Å². The Bertz CT molecular complexity index is 986. The summed E-state index contributed by atoms with van der Waals surface area (Å²) in [4.78, 5) is 8.48. The summed E-state index contributed by atoms with van der Waals surface area (Å²) in [6.45, 7) is 3.39. The quantitative estimate of drug-likeness (QED) is 0.633. The van der Waals surface area contributed by atoms with Crippen molar-refractivity contribution in [3.8, 4) is 11.4 Å². The van der Waals surface area contributed by atoms with Crippen molar-refractivity contribution >= 4 is 21.4 Å². The fourth-order valence-electron chi connectivity index (χ4n) is 2.26. The molecule has 2 aromatic heterocycles. The van der Waals surface area contributed by atoms with E-state index >= 15 is 0 Å². The van der Waals surface area contributed by atoms with Crippen LogP contribution in [0.2, 0.25) is 5.02 Å². The Morgan fingerprint density at radius 1 is 1.12 bits per heavy atom. The van der Waals surface area contributed by atoms with Gasteiger partial charge in [-0.1, -0.05) is 18.5 Å². The molecule has 0 fully saturated rings. The molecule has 0 radical (unpaired) electrons. The number of aromatic nitrogens is 4. The summed E-state index contributed by atoms with van der Waals surface area (Å²) in [6, 6.07) is 7.10. The Kier molecular flexibility index (Phi) is 5.33. The second-order valence-electron chi connectivity index (χ2n) is 5.76. The molecule has 136 valence electrons. The molecule has 3 aromatic rings. The molecule has 1 aromatic carbocycles. The molecule has 0 aliphatic rings. The van der Waals surface area contributed by atoms with E-state index in [1.807, 2.05) is 6.92 Å². The maximum Gasteiger partial charge on any atom is 0.234 e. The molecule has 0 bridgehead atoms. The molecular formula is C17H17ClN4O3S. The van der Waals surface area contributed by atoms with Crippen molar-refractivity contribution in [3.63, 3.8) is 0 Å². The zero-order valence-electron chi connectivity index (χ0n) is 14.3. The van der Waals surface area contributed by atoms with Crippen LogP contribution >= 0.6 is 11.6 Å². The van der Waals surface area contributed by atoms with Crippen molar-refractivity contribution in [3.05, 3.63) is 59.0 Å². The van der Waals surface area contributed by atoms with E-state index in [9.17, 15) is 8.42 Å². The molecule has 0 saturated carbocycles. The minimum Gasteiger partial charge on any atom is -0.424 e. The normalized spacial score (nSPS) is 12.9. The van der Waals surface area contributed by atoms with Crippen molar-refractivity contribution in [1.82, 2.24) is 20.2 Å². The molecule has 3 rings (SSSR count). The lowest BCUT2D eigenvalue weighted by Gasteiger charge is -2.09. The van der Waals surface area contributed by atoms with E-state index in [1.165, 1.54) is 19.3 Å². The van der Waals surface area contributed by atoms with E-state index in [0.717, 1.165) is 5.56 Å². The van der Waals surface area contributed by atoms with Gasteiger partial charge in [0.15, 0.2) is 15.7 Å². The maximum atomic E-state index is 12.6. The molecule has 0 spiro atoms. The smallest absolute Gasteiger partial charge is 0.234 e. The highest BCUT2D eigenvalue weighted by Crippen LogP contribution is 2.25. The number of hydrogen-bond donors (Lipinski definition) is 0. The Labute approximate surface area is 156 Å². The van der Waals surface area contributed by atoms with E-state index in [2.05, 4.69) is 20.2 Å². The monoisotopic (exact) mass is 392 g/mol. The lowest BCUT2D eigenvalue weighted by atomic mass is 10.2. The van der Waals surface area contributed by atoms with Crippen LogP contribution in [-0.4, -0.2) is 28.6 Å². The van der Waals surface area contributed by atoms with Gasteiger partial charge in [-0.2, -0.15) is 0 Å². The highest BCUT2D eigenvalue weighted by atomic mass is 35.5. The van der Waals surface area contributed by atoms with Crippen molar-refractivity contribution < 1.29 is 12.8 Å². The van der Waals surface area contributed by atoms with Gasteiger partial charge in [-0.3, -0.25) is 0 Å². The van der Waals surface area contributed by atoms with Gasteiger partial charge in [-0.05, 0) is 31.2 Å². The van der Waals surface area contributed by atoms with Crippen molar-refractivity contribution in [2.75, 3.05) is 0 Å². The summed E-state index contributed by atoms with van der Waals surface area (Å²) in [5.41, 5.74) is 1.29. The molecule has 0 amide bonds. The molecule has 2 heterocycles. The molecule has 26 heavy (non-hydrogen) atoms. The molecule has 0 aliphatic carbocycles. The lowest BCUT2D eigenvalue weighted by molar-refractivity contribution is 0.448. The molecular weight excluding hydrogens is 376 g/mol. The molecule has 9 heteroatoms. The van der Waals surface area contributed by atoms with Crippen molar-refractivity contribution in [2.45, 2.75) is 31.3 Å². The van der Waals surface area contributed by atoms with Gasteiger partial charge in [0.2, 0.25) is 11.8 Å². The van der Waals surface area contributed by atoms with E-state index in [0.29, 0.717) is 28.7 Å². The van der Waals surface area contributed by atoms with Crippen molar-refractivity contribution in [1.29, 1.82) is 0 Å². The fourth-order valence-corrected chi connectivity index (χ4v) is 3.65. The Balaban J connectivity index is 1.76. The fraction of sp³-hybridized carbons (Fsp3) is 0.294. The minimum atomic E-state index is -3.54. The third-order valence-corrected chi connectivity index (χ3v) is 6.11. The third kappa shape index (κ3) is 4.08. The van der Waals surface area contributed by atoms with Gasteiger partial charge >= 0.3 is 0 Å². The predicted molar refractivity (Wildman–Crippen MR) is 97.2 cm³/mol. The minimum absolute atomic E-state index is 0.0977. The Hall–Kier alpha value is -2.32. The van der Waals surface area contributed by atoms with Crippen LogP contribution in [0.15, 0.2) is 41.1 Å². The molecule has 0 unspecified atom stereocenters. The van der Waals surface area contributed by atoms with E-state index < -0.39 is 15.1 Å². The van der Waals surface area contributed by atoms with E-state index in [-0.39, 0.29) is 11.6 Å². The first-order valence-corrected chi connectivity index (χ1v) is 10.1. The molecule has 0 aliphatic heterocycles. The van der Waals surface area contributed by atoms with Crippen LogP contribution < -0.4 is 0 Å². The van der Waals surface area contributed by atoms with Gasteiger partial charge in [0.1, 0.15) is 5.25 Å². The number of rotatable bonds is 6. The first kappa shape index (κ1) is 18.5. The topological polar surface area (TPSA) is 98.8 Å². The van der Waals surface area contributed by atoms with Crippen LogP contribution in [0.3, 0.4) is 0 Å². The average Bonchev–Trinajstić information content (AvgIpc) is 3.11. The second-order valence-corrected chi connectivity index (χ2v) is 8.52. The van der Waals surface area contributed by atoms with Gasteiger partial charge in [0, 0.05) is 35.0 Å². The lowest BCUT2D eigenvalue weighted by Crippen LogP contribution is -2.13. The summed E-state index contributed by atoms with van der Waals surface area (Å²) >= 11 is 5.86. The number of aryl methyl sites for hydroxylation is 1. The number of benzene rings is 1. The van der Waals surface area contributed by atoms with Gasteiger partial charge in [0.05, 0.1) is 5.75 Å². The number of sulfone groups is 1. The van der Waals surface area contributed by atoms with Gasteiger partial charge in [-0.25, -0.2) is 18.4 Å². The van der Waals surface area contributed by atoms with Gasteiger partial charge in [0.25, 0.3) is 0 Å². The summed E-state index contributed by atoms with van der Waals surface area (Å²) in [5.74, 6) is 0.803. The zero-order valence-corrected chi connectivity index (χ0v) is 15.8. The Morgan fingerprint density at radius 2 is 1.77 bits per heavy atom. The van der Waals surface area contributed by atoms with Crippen LogP contribution in [0.1, 0.15) is 36.4 Å². The van der Waals surface area contributed by atoms with Crippen LogP contribution in [0, 0.1) is 0 Å². The molecule has 7 nitrogen and oxygen atoms in total.